The van der Waals surface area contributed by atoms with Crippen LogP contribution >= 0.6 is 0 Å². The largest absolute Gasteiger partial charge is 0.460 e. The van der Waals surface area contributed by atoms with Crippen molar-refractivity contribution in [3.05, 3.63) is 0 Å². The Morgan fingerprint density at radius 3 is 1.08 bits per heavy atom. The fourth-order valence-electron chi connectivity index (χ4n) is 2.54. The van der Waals surface area contributed by atoms with Gasteiger partial charge in [0, 0.05) is 0 Å². The van der Waals surface area contributed by atoms with Crippen LogP contribution in [0.5, 0.6) is 0 Å². The zero-order valence-corrected chi connectivity index (χ0v) is 26.4. The van der Waals surface area contributed by atoms with E-state index >= 15 is 0 Å². The maximum Gasteiger partial charge on any atom is 0.308 e. The summed E-state index contributed by atoms with van der Waals surface area (Å²) >= 11 is 0. The van der Waals surface area contributed by atoms with Crippen LogP contribution < -0.4 is 0 Å². The molecule has 0 radical (unpaired) electrons. The fourth-order valence-corrected chi connectivity index (χ4v) is 3.57. The highest BCUT2D eigenvalue weighted by Gasteiger charge is 2.36. The lowest BCUT2D eigenvalue weighted by Crippen LogP contribution is -2.41. The topological polar surface area (TPSA) is 100 Å². The minimum atomic E-state index is -1.69. The Kier molecular flexibility index (Phi) is 21.7. The molecule has 0 aromatic carbocycles. The zero-order valence-electron chi connectivity index (χ0n) is 25.4. The Labute approximate surface area is 232 Å². The van der Waals surface area contributed by atoms with E-state index < -0.39 is 13.9 Å². The number of hydrogen-bond donors (Lipinski definition) is 0. The number of esters is 1. The third-order valence-electron chi connectivity index (χ3n) is 5.60. The Bertz CT molecular complexity index is 561. The highest BCUT2D eigenvalue weighted by molar-refractivity contribution is 6.74. The molecule has 0 aromatic rings. The normalized spacial score (nSPS) is 12.7. The van der Waals surface area contributed by atoms with Crippen molar-refractivity contribution in [2.75, 3.05) is 99.1 Å². The summed E-state index contributed by atoms with van der Waals surface area (Å²) in [5.74, 6) is -0.259. The molecule has 0 spiro atoms. The van der Waals surface area contributed by atoms with E-state index in [2.05, 4.69) is 33.9 Å². The van der Waals surface area contributed by atoms with E-state index in [1.807, 2.05) is 20.8 Å². The summed E-state index contributed by atoms with van der Waals surface area (Å²) < 4.78 is 49.5. The Hall–Kier alpha value is -0.633. The van der Waals surface area contributed by atoms with Crippen LogP contribution in [0, 0.1) is 0 Å². The van der Waals surface area contributed by atoms with Gasteiger partial charge in [0.15, 0.2) is 8.32 Å². The highest BCUT2D eigenvalue weighted by atomic mass is 28.4. The van der Waals surface area contributed by atoms with Gasteiger partial charge in [-0.15, -0.1) is 0 Å². The van der Waals surface area contributed by atoms with Crippen molar-refractivity contribution in [2.24, 2.45) is 0 Å². The molecular formula is C27H56O10Si. The number of rotatable bonds is 25. The molecule has 0 unspecified atom stereocenters. The molecule has 0 heterocycles. The van der Waals surface area contributed by atoms with E-state index in [0.29, 0.717) is 99.1 Å². The zero-order chi connectivity index (χ0) is 28.8. The Morgan fingerprint density at radius 2 is 0.789 bits per heavy atom. The van der Waals surface area contributed by atoms with Crippen LogP contribution in [-0.2, 0) is 47.1 Å². The second-order valence-corrected chi connectivity index (χ2v) is 16.0. The molecule has 0 N–H and O–H groups in total. The lowest BCUT2D eigenvalue weighted by Gasteiger charge is -2.36. The van der Waals surface area contributed by atoms with Gasteiger partial charge >= 0.3 is 5.97 Å². The molecule has 10 nitrogen and oxygen atoms in total. The molecule has 0 rings (SSSR count). The standard InChI is InChI=1S/C27H56O10Si/c1-26(2,3)37-25(28)9-10-29-11-12-30-13-14-31-15-16-32-17-18-33-19-20-34-21-22-35-23-24-36-38(7,8)27(4,5)6/h9-24H2,1-8H3. The summed E-state index contributed by atoms with van der Waals surface area (Å²) in [6.07, 6.45) is 0.239. The van der Waals surface area contributed by atoms with Gasteiger partial charge in [-0.2, -0.15) is 0 Å². The first-order valence-electron chi connectivity index (χ1n) is 13.8. The lowest BCUT2D eigenvalue weighted by molar-refractivity contribution is -0.156. The third kappa shape index (κ3) is 24.4. The number of hydrogen-bond acceptors (Lipinski definition) is 10. The van der Waals surface area contributed by atoms with Gasteiger partial charge in [-0.05, 0) is 38.9 Å². The summed E-state index contributed by atoms with van der Waals surface area (Å²) in [6, 6.07) is 0. The molecule has 38 heavy (non-hydrogen) atoms. The van der Waals surface area contributed by atoms with Gasteiger partial charge in [0.2, 0.25) is 0 Å². The van der Waals surface area contributed by atoms with Crippen LogP contribution in [-0.4, -0.2) is 119 Å². The maximum atomic E-state index is 11.5. The van der Waals surface area contributed by atoms with E-state index in [1.54, 1.807) is 0 Å². The lowest BCUT2D eigenvalue weighted by atomic mass is 10.2. The number of carbonyl (C=O) groups excluding carboxylic acids is 1. The SMILES string of the molecule is CC(C)(C)OC(=O)CCOCCOCCOCCOCCOCCOCCOCCO[Si](C)(C)C(C)(C)C. The van der Waals surface area contributed by atoms with E-state index in [-0.39, 0.29) is 17.4 Å². The predicted octanol–water partition coefficient (Wildman–Crippen LogP) is 3.86. The number of carbonyl (C=O) groups is 1. The average molecular weight is 569 g/mol. The molecule has 0 aromatic heterocycles. The van der Waals surface area contributed by atoms with Crippen LogP contribution in [0.15, 0.2) is 0 Å². The first-order valence-corrected chi connectivity index (χ1v) is 16.7. The minimum Gasteiger partial charge on any atom is -0.460 e. The molecule has 0 aliphatic heterocycles. The van der Waals surface area contributed by atoms with Gasteiger partial charge in [0.1, 0.15) is 5.60 Å². The molecule has 0 fully saturated rings. The summed E-state index contributed by atoms with van der Waals surface area (Å²) in [6.45, 7) is 24.3. The first-order chi connectivity index (χ1) is 17.9. The van der Waals surface area contributed by atoms with Crippen molar-refractivity contribution in [3.63, 3.8) is 0 Å². The molecule has 0 atom stereocenters. The van der Waals surface area contributed by atoms with Crippen molar-refractivity contribution in [2.45, 2.75) is 71.7 Å². The van der Waals surface area contributed by atoms with Crippen LogP contribution in [0.1, 0.15) is 48.0 Å². The van der Waals surface area contributed by atoms with E-state index in [9.17, 15) is 4.79 Å². The summed E-state index contributed by atoms with van der Waals surface area (Å²) in [4.78, 5) is 11.5. The van der Waals surface area contributed by atoms with Crippen molar-refractivity contribution >= 4 is 14.3 Å². The van der Waals surface area contributed by atoms with Gasteiger partial charge in [-0.3, -0.25) is 4.79 Å². The van der Waals surface area contributed by atoms with Gasteiger partial charge in [0.25, 0.3) is 0 Å². The molecule has 0 bridgehead atoms. The van der Waals surface area contributed by atoms with Crippen LogP contribution in [0.25, 0.3) is 0 Å². The second-order valence-electron chi connectivity index (χ2n) is 11.2. The fraction of sp³-hybridized carbons (Fsp3) is 0.963. The second kappa shape index (κ2) is 22.1. The molecule has 0 saturated heterocycles. The summed E-state index contributed by atoms with van der Waals surface area (Å²) in [5, 5.41) is 0.218. The van der Waals surface area contributed by atoms with Gasteiger partial charge in [-0.1, -0.05) is 20.8 Å². The molecule has 0 saturated carbocycles. The summed E-state index contributed by atoms with van der Waals surface area (Å²) in [5.41, 5.74) is -0.466. The quantitative estimate of drug-likeness (QED) is 0.0917. The monoisotopic (exact) mass is 568 g/mol. The molecule has 0 aliphatic rings. The molecule has 228 valence electrons. The van der Waals surface area contributed by atoms with Crippen LogP contribution in [0.3, 0.4) is 0 Å². The van der Waals surface area contributed by atoms with Crippen molar-refractivity contribution < 1.29 is 47.1 Å². The van der Waals surface area contributed by atoms with E-state index in [1.165, 1.54) is 0 Å². The van der Waals surface area contributed by atoms with E-state index in [4.69, 9.17) is 42.3 Å². The minimum absolute atomic E-state index is 0.218. The number of ether oxygens (including phenoxy) is 8. The van der Waals surface area contributed by atoms with Crippen molar-refractivity contribution in [1.29, 1.82) is 0 Å². The average Bonchev–Trinajstić information content (AvgIpc) is 2.80. The highest BCUT2D eigenvalue weighted by Crippen LogP contribution is 2.36. The Balaban J connectivity index is 3.22. The van der Waals surface area contributed by atoms with Gasteiger partial charge < -0.3 is 42.3 Å². The molecule has 0 aliphatic carbocycles. The van der Waals surface area contributed by atoms with Crippen LogP contribution in [0.4, 0.5) is 0 Å². The molecule has 0 amide bonds. The molecule has 11 heteroatoms. The van der Waals surface area contributed by atoms with Crippen molar-refractivity contribution in [3.8, 4) is 0 Å². The Morgan fingerprint density at radius 1 is 0.500 bits per heavy atom. The smallest absolute Gasteiger partial charge is 0.308 e. The first kappa shape index (κ1) is 37.4. The summed E-state index contributed by atoms with van der Waals surface area (Å²) in [7, 11) is -1.69. The van der Waals surface area contributed by atoms with Crippen LogP contribution in [0.2, 0.25) is 18.1 Å². The van der Waals surface area contributed by atoms with Gasteiger partial charge in [0.05, 0.1) is 106 Å². The predicted molar refractivity (Wildman–Crippen MR) is 149 cm³/mol. The van der Waals surface area contributed by atoms with Crippen molar-refractivity contribution in [1.82, 2.24) is 0 Å². The van der Waals surface area contributed by atoms with Gasteiger partial charge in [-0.25, -0.2) is 0 Å². The molecular weight excluding hydrogens is 512 g/mol. The maximum absolute atomic E-state index is 11.5. The van der Waals surface area contributed by atoms with E-state index in [0.717, 1.165) is 0 Å². The third-order valence-corrected chi connectivity index (χ3v) is 10.1.